The standard InChI is InChI=1S/C9H18N2O6/c10-5-15-3-7(4-16-6-11)17-9(14)2-1-8(12)13/h7H,1-6,10-11H2,(H,12,13). The van der Waals surface area contributed by atoms with E-state index in [0.717, 1.165) is 0 Å². The van der Waals surface area contributed by atoms with Crippen LogP contribution in [0.2, 0.25) is 0 Å². The lowest BCUT2D eigenvalue weighted by molar-refractivity contribution is -0.158. The second-order valence-electron chi connectivity index (χ2n) is 3.08. The maximum atomic E-state index is 11.2. The quantitative estimate of drug-likeness (QED) is 0.319. The fourth-order valence-corrected chi connectivity index (χ4v) is 0.969. The van der Waals surface area contributed by atoms with Crippen LogP contribution in [0.3, 0.4) is 0 Å². The minimum Gasteiger partial charge on any atom is -0.481 e. The van der Waals surface area contributed by atoms with Crippen molar-refractivity contribution in [1.82, 2.24) is 0 Å². The summed E-state index contributed by atoms with van der Waals surface area (Å²) in [5.74, 6) is -1.69. The number of nitrogens with two attached hydrogens (primary N) is 2. The van der Waals surface area contributed by atoms with Gasteiger partial charge in [0.25, 0.3) is 0 Å². The molecule has 0 bridgehead atoms. The van der Waals surface area contributed by atoms with Crippen LogP contribution in [0.1, 0.15) is 12.8 Å². The van der Waals surface area contributed by atoms with Gasteiger partial charge in [-0.15, -0.1) is 0 Å². The molecule has 17 heavy (non-hydrogen) atoms. The van der Waals surface area contributed by atoms with Gasteiger partial charge in [0.15, 0.2) is 0 Å². The van der Waals surface area contributed by atoms with Crippen LogP contribution >= 0.6 is 0 Å². The first-order valence-electron chi connectivity index (χ1n) is 5.07. The second-order valence-corrected chi connectivity index (χ2v) is 3.08. The van der Waals surface area contributed by atoms with Crippen LogP contribution in [0.15, 0.2) is 0 Å². The summed E-state index contributed by atoms with van der Waals surface area (Å²) < 4.78 is 14.7. The molecular weight excluding hydrogens is 232 g/mol. The number of aliphatic carboxylic acids is 1. The molecule has 0 saturated heterocycles. The van der Waals surface area contributed by atoms with E-state index >= 15 is 0 Å². The number of rotatable bonds is 10. The first-order chi connectivity index (χ1) is 8.10. The van der Waals surface area contributed by atoms with Crippen molar-refractivity contribution in [2.75, 3.05) is 26.7 Å². The topological polar surface area (TPSA) is 134 Å². The summed E-state index contributed by atoms with van der Waals surface area (Å²) in [6, 6.07) is 0. The third-order valence-electron chi connectivity index (χ3n) is 1.68. The predicted octanol–water partition coefficient (Wildman–Crippen LogP) is -1.37. The lowest BCUT2D eigenvalue weighted by Gasteiger charge is -2.17. The van der Waals surface area contributed by atoms with Gasteiger partial charge in [-0.3, -0.25) is 9.59 Å². The van der Waals surface area contributed by atoms with Gasteiger partial charge in [0.1, 0.15) is 6.10 Å². The van der Waals surface area contributed by atoms with Crippen LogP contribution in [0.4, 0.5) is 0 Å². The van der Waals surface area contributed by atoms with Gasteiger partial charge in [-0.25, -0.2) is 0 Å². The number of hydrogen-bond donors (Lipinski definition) is 3. The molecule has 0 aromatic heterocycles. The van der Waals surface area contributed by atoms with E-state index in [-0.39, 0.29) is 39.5 Å². The molecule has 0 saturated carbocycles. The molecule has 0 spiro atoms. The fraction of sp³-hybridized carbons (Fsp3) is 0.778. The average Bonchev–Trinajstić information content (AvgIpc) is 2.30. The Morgan fingerprint density at radius 3 is 2.00 bits per heavy atom. The number of hydrogen-bond acceptors (Lipinski definition) is 7. The molecule has 0 heterocycles. The van der Waals surface area contributed by atoms with Crippen molar-refractivity contribution in [2.45, 2.75) is 18.9 Å². The van der Waals surface area contributed by atoms with E-state index in [9.17, 15) is 9.59 Å². The minimum absolute atomic E-state index is 0.00813. The lowest BCUT2D eigenvalue weighted by Crippen LogP contribution is -2.30. The molecule has 0 aromatic carbocycles. The number of carbonyl (C=O) groups is 2. The van der Waals surface area contributed by atoms with E-state index in [1.165, 1.54) is 0 Å². The number of carbonyl (C=O) groups excluding carboxylic acids is 1. The van der Waals surface area contributed by atoms with Gasteiger partial charge in [-0.1, -0.05) is 0 Å². The second kappa shape index (κ2) is 9.97. The summed E-state index contributed by atoms with van der Waals surface area (Å²) in [5.41, 5.74) is 10.3. The Balaban J connectivity index is 3.93. The predicted molar refractivity (Wildman–Crippen MR) is 56.8 cm³/mol. The number of ether oxygens (including phenoxy) is 3. The Bertz CT molecular complexity index is 228. The third-order valence-corrected chi connectivity index (χ3v) is 1.68. The molecule has 0 rings (SSSR count). The zero-order chi connectivity index (χ0) is 13.1. The molecule has 8 heteroatoms. The summed E-state index contributed by atoms with van der Waals surface area (Å²) in [6.45, 7) is 0.141. The molecule has 0 aliphatic rings. The molecule has 100 valence electrons. The van der Waals surface area contributed by atoms with Crippen molar-refractivity contribution < 1.29 is 28.9 Å². The zero-order valence-corrected chi connectivity index (χ0v) is 9.46. The maximum Gasteiger partial charge on any atom is 0.306 e. The summed E-state index contributed by atoms with van der Waals surface area (Å²) in [5, 5.41) is 8.39. The number of esters is 1. The molecule has 0 amide bonds. The first kappa shape index (κ1) is 15.8. The van der Waals surface area contributed by atoms with Gasteiger partial charge in [0.05, 0.1) is 39.5 Å². The van der Waals surface area contributed by atoms with E-state index in [2.05, 4.69) is 0 Å². The Morgan fingerprint density at radius 1 is 1.06 bits per heavy atom. The highest BCUT2D eigenvalue weighted by atomic mass is 16.6. The van der Waals surface area contributed by atoms with Crippen LogP contribution in [0.25, 0.3) is 0 Å². The summed E-state index contributed by atoms with van der Waals surface area (Å²) in [7, 11) is 0. The van der Waals surface area contributed by atoms with Crippen LogP contribution < -0.4 is 11.5 Å². The zero-order valence-electron chi connectivity index (χ0n) is 9.46. The maximum absolute atomic E-state index is 11.2. The van der Waals surface area contributed by atoms with Crippen molar-refractivity contribution in [3.8, 4) is 0 Å². The summed E-state index contributed by atoms with van der Waals surface area (Å²) >= 11 is 0. The van der Waals surface area contributed by atoms with E-state index in [1.54, 1.807) is 0 Å². The lowest BCUT2D eigenvalue weighted by atomic mass is 10.3. The van der Waals surface area contributed by atoms with Gasteiger partial charge in [-0.2, -0.15) is 0 Å². The number of carboxylic acid groups (broad SMARTS) is 1. The minimum atomic E-state index is -1.06. The molecule has 5 N–H and O–H groups in total. The SMILES string of the molecule is NCOCC(COCN)OC(=O)CCC(=O)O. The molecule has 0 aliphatic carbocycles. The van der Waals surface area contributed by atoms with Gasteiger partial charge < -0.3 is 30.8 Å². The first-order valence-corrected chi connectivity index (χ1v) is 5.07. The number of carboxylic acids is 1. The largest absolute Gasteiger partial charge is 0.481 e. The Hall–Kier alpha value is -1.22. The summed E-state index contributed by atoms with van der Waals surface area (Å²) in [6.07, 6.45) is -1.11. The van der Waals surface area contributed by atoms with Crippen molar-refractivity contribution in [3.05, 3.63) is 0 Å². The van der Waals surface area contributed by atoms with E-state index in [1.807, 2.05) is 0 Å². The van der Waals surface area contributed by atoms with Crippen LogP contribution in [-0.4, -0.2) is 49.8 Å². The molecule has 0 aliphatic heterocycles. The third kappa shape index (κ3) is 9.69. The van der Waals surface area contributed by atoms with Gasteiger partial charge in [-0.05, 0) is 0 Å². The van der Waals surface area contributed by atoms with Crippen molar-refractivity contribution >= 4 is 11.9 Å². The van der Waals surface area contributed by atoms with Gasteiger partial charge >= 0.3 is 11.9 Å². The van der Waals surface area contributed by atoms with Gasteiger partial charge in [0.2, 0.25) is 0 Å². The highest BCUT2D eigenvalue weighted by Crippen LogP contribution is 2.00. The van der Waals surface area contributed by atoms with Crippen LogP contribution in [0.5, 0.6) is 0 Å². The van der Waals surface area contributed by atoms with Crippen molar-refractivity contribution in [3.63, 3.8) is 0 Å². The molecule has 8 nitrogen and oxygen atoms in total. The normalized spacial score (nSPS) is 10.5. The highest BCUT2D eigenvalue weighted by molar-refractivity contribution is 5.76. The molecular formula is C9H18N2O6. The molecule has 0 aromatic rings. The highest BCUT2D eigenvalue weighted by Gasteiger charge is 2.15. The van der Waals surface area contributed by atoms with Crippen molar-refractivity contribution in [2.24, 2.45) is 11.5 Å². The Kier molecular flexibility index (Phi) is 9.25. The average molecular weight is 250 g/mol. The van der Waals surface area contributed by atoms with Crippen LogP contribution in [0, 0.1) is 0 Å². The Labute approximate surface area is 98.8 Å². The molecule has 0 fully saturated rings. The van der Waals surface area contributed by atoms with E-state index in [4.69, 9.17) is 30.8 Å². The monoisotopic (exact) mass is 250 g/mol. The Morgan fingerprint density at radius 2 is 1.59 bits per heavy atom. The van der Waals surface area contributed by atoms with Crippen molar-refractivity contribution in [1.29, 1.82) is 0 Å². The van der Waals surface area contributed by atoms with E-state index < -0.39 is 18.0 Å². The van der Waals surface area contributed by atoms with Crippen LogP contribution in [-0.2, 0) is 23.8 Å². The fourth-order valence-electron chi connectivity index (χ4n) is 0.969. The molecule has 0 unspecified atom stereocenters. The summed E-state index contributed by atoms with van der Waals surface area (Å²) in [4.78, 5) is 21.5. The van der Waals surface area contributed by atoms with Gasteiger partial charge in [0, 0.05) is 0 Å². The molecule has 0 radical (unpaired) electrons. The molecule has 0 atom stereocenters. The van der Waals surface area contributed by atoms with E-state index in [0.29, 0.717) is 0 Å². The smallest absolute Gasteiger partial charge is 0.306 e.